The Kier molecular flexibility index (Phi) is 4.92. The number of nitrogens with one attached hydrogen (secondary N) is 2. The van der Waals surface area contributed by atoms with Gasteiger partial charge in [-0.2, -0.15) is 0 Å². The second-order valence-corrected chi connectivity index (χ2v) is 7.75. The Balaban J connectivity index is 1.96. The van der Waals surface area contributed by atoms with Crippen molar-refractivity contribution in [3.63, 3.8) is 0 Å². The molecule has 1 atom stereocenters. The summed E-state index contributed by atoms with van der Waals surface area (Å²) in [5.74, 6) is -0.103. The zero-order valence-corrected chi connectivity index (χ0v) is 15.5. The summed E-state index contributed by atoms with van der Waals surface area (Å²) >= 11 is 5.90. The van der Waals surface area contributed by atoms with Crippen LogP contribution >= 0.6 is 11.6 Å². The Morgan fingerprint density at radius 3 is 2.88 bits per heavy atom. The predicted octanol–water partition coefficient (Wildman–Crippen LogP) is 2.06. The van der Waals surface area contributed by atoms with Crippen molar-refractivity contribution in [1.82, 2.24) is 10.3 Å². The van der Waals surface area contributed by atoms with Gasteiger partial charge in [0.15, 0.2) is 0 Å². The van der Waals surface area contributed by atoms with E-state index in [2.05, 4.69) is 15.0 Å². The summed E-state index contributed by atoms with van der Waals surface area (Å²) in [6, 6.07) is 5.43. The van der Waals surface area contributed by atoms with Gasteiger partial charge in [0.25, 0.3) is 15.9 Å². The minimum absolute atomic E-state index is 0.110. The van der Waals surface area contributed by atoms with Crippen LogP contribution in [-0.4, -0.2) is 39.1 Å². The highest BCUT2D eigenvalue weighted by Gasteiger charge is 2.24. The molecule has 10 heteroatoms. The van der Waals surface area contributed by atoms with Gasteiger partial charge in [-0.25, -0.2) is 13.4 Å². The van der Waals surface area contributed by atoms with Crippen molar-refractivity contribution in [2.24, 2.45) is 0 Å². The molecule has 0 saturated carbocycles. The smallest absolute Gasteiger partial charge is 0.265 e. The molecule has 2 heterocycles. The standard InChI is InChI=1S/C16H16ClN3O5S/c1-9-8-25-16-12(15(21)19-9)6-11(7-18-16)20-26(22,23)14-5-10(17)3-4-13(14)24-2/h3-7,9,20H,8H2,1-2H3,(H,19,21)/t9-/m0/s1. The predicted molar refractivity (Wildman–Crippen MR) is 95.5 cm³/mol. The monoisotopic (exact) mass is 397 g/mol. The number of pyridine rings is 1. The number of methoxy groups -OCH3 is 1. The fourth-order valence-corrected chi connectivity index (χ4v) is 3.87. The summed E-state index contributed by atoms with van der Waals surface area (Å²) in [6.07, 6.45) is 1.27. The van der Waals surface area contributed by atoms with Gasteiger partial charge in [-0.05, 0) is 31.2 Å². The molecule has 1 amide bonds. The van der Waals surface area contributed by atoms with E-state index in [0.717, 1.165) is 0 Å². The molecule has 0 saturated heterocycles. The molecule has 1 aliphatic rings. The molecule has 1 aromatic carbocycles. The number of carbonyl (C=O) groups excluding carboxylic acids is 1. The van der Waals surface area contributed by atoms with Crippen molar-refractivity contribution in [2.45, 2.75) is 17.9 Å². The Morgan fingerprint density at radius 1 is 1.38 bits per heavy atom. The van der Waals surface area contributed by atoms with Gasteiger partial charge in [-0.1, -0.05) is 11.6 Å². The van der Waals surface area contributed by atoms with E-state index in [1.165, 1.54) is 37.6 Å². The summed E-state index contributed by atoms with van der Waals surface area (Å²) in [5, 5.41) is 2.97. The minimum atomic E-state index is -4.01. The number of amides is 1. The van der Waals surface area contributed by atoms with Gasteiger partial charge in [0.1, 0.15) is 22.8 Å². The first-order chi connectivity index (χ1) is 12.3. The number of sulfonamides is 1. The van der Waals surface area contributed by atoms with Crippen LogP contribution in [-0.2, 0) is 10.0 Å². The molecule has 138 valence electrons. The lowest BCUT2D eigenvalue weighted by atomic mass is 10.2. The summed E-state index contributed by atoms with van der Waals surface area (Å²) in [5.41, 5.74) is 0.256. The first-order valence-corrected chi connectivity index (χ1v) is 9.46. The fourth-order valence-electron chi connectivity index (χ4n) is 2.40. The first-order valence-electron chi connectivity index (χ1n) is 7.60. The maximum Gasteiger partial charge on any atom is 0.265 e. The average molecular weight is 398 g/mol. The number of carbonyl (C=O) groups is 1. The molecule has 3 rings (SSSR count). The molecule has 0 aliphatic carbocycles. The molecule has 0 radical (unpaired) electrons. The number of hydrogen-bond acceptors (Lipinski definition) is 6. The van der Waals surface area contributed by atoms with E-state index >= 15 is 0 Å². The molecule has 26 heavy (non-hydrogen) atoms. The van der Waals surface area contributed by atoms with Gasteiger partial charge in [-0.3, -0.25) is 9.52 Å². The topological polar surface area (TPSA) is 107 Å². The molecule has 0 unspecified atom stereocenters. The number of halogens is 1. The fraction of sp³-hybridized carbons (Fsp3) is 0.250. The minimum Gasteiger partial charge on any atom is -0.495 e. The molecule has 2 aromatic rings. The van der Waals surface area contributed by atoms with Crippen LogP contribution in [0.4, 0.5) is 5.69 Å². The highest BCUT2D eigenvalue weighted by atomic mass is 35.5. The highest BCUT2D eigenvalue weighted by Crippen LogP contribution is 2.29. The van der Waals surface area contributed by atoms with Gasteiger partial charge in [0.2, 0.25) is 5.88 Å². The van der Waals surface area contributed by atoms with Crippen molar-refractivity contribution in [1.29, 1.82) is 0 Å². The average Bonchev–Trinajstić information content (AvgIpc) is 2.73. The highest BCUT2D eigenvalue weighted by molar-refractivity contribution is 7.92. The number of benzene rings is 1. The molecule has 8 nitrogen and oxygen atoms in total. The van der Waals surface area contributed by atoms with Gasteiger partial charge in [0, 0.05) is 5.02 Å². The second kappa shape index (κ2) is 7.00. The zero-order valence-electron chi connectivity index (χ0n) is 13.9. The molecule has 0 bridgehead atoms. The third-order valence-electron chi connectivity index (χ3n) is 3.61. The maximum atomic E-state index is 12.7. The third kappa shape index (κ3) is 3.68. The first kappa shape index (κ1) is 18.3. The Hall–Kier alpha value is -2.52. The van der Waals surface area contributed by atoms with Gasteiger partial charge in [0.05, 0.1) is 25.0 Å². The SMILES string of the molecule is COc1ccc(Cl)cc1S(=O)(=O)Nc1cnc2c(c1)C(=O)N[C@@H](C)CO2. The van der Waals surface area contributed by atoms with Crippen LogP contribution in [0, 0.1) is 0 Å². The molecule has 0 spiro atoms. The number of hydrogen-bond donors (Lipinski definition) is 2. The summed E-state index contributed by atoms with van der Waals surface area (Å²) in [6.45, 7) is 2.06. The lowest BCUT2D eigenvalue weighted by Gasteiger charge is -2.13. The normalized spacial score (nSPS) is 16.7. The molecule has 2 N–H and O–H groups in total. The van der Waals surface area contributed by atoms with E-state index in [9.17, 15) is 13.2 Å². The van der Waals surface area contributed by atoms with Crippen molar-refractivity contribution < 1.29 is 22.7 Å². The number of nitrogens with zero attached hydrogens (tertiary/aromatic N) is 1. The molecule has 0 fully saturated rings. The van der Waals surface area contributed by atoms with Crippen LogP contribution in [0.5, 0.6) is 11.6 Å². The van der Waals surface area contributed by atoms with Crippen LogP contribution in [0.15, 0.2) is 35.4 Å². The van der Waals surface area contributed by atoms with E-state index in [1.807, 2.05) is 0 Å². The van der Waals surface area contributed by atoms with E-state index in [1.54, 1.807) is 6.92 Å². The second-order valence-electron chi connectivity index (χ2n) is 5.66. The quantitative estimate of drug-likeness (QED) is 0.817. The number of ether oxygens (including phenoxy) is 2. The maximum absolute atomic E-state index is 12.7. The lowest BCUT2D eigenvalue weighted by Crippen LogP contribution is -2.33. The summed E-state index contributed by atoms with van der Waals surface area (Å²) < 4.78 is 38.3. The van der Waals surface area contributed by atoms with E-state index in [0.29, 0.717) is 0 Å². The number of rotatable bonds is 4. The van der Waals surface area contributed by atoms with E-state index < -0.39 is 10.0 Å². The lowest BCUT2D eigenvalue weighted by molar-refractivity contribution is 0.0942. The number of anilines is 1. The molecule has 1 aromatic heterocycles. The van der Waals surface area contributed by atoms with Crippen LogP contribution in [0.3, 0.4) is 0 Å². The summed E-state index contributed by atoms with van der Waals surface area (Å²) in [4.78, 5) is 16.1. The zero-order chi connectivity index (χ0) is 18.9. The van der Waals surface area contributed by atoms with Gasteiger partial charge in [-0.15, -0.1) is 0 Å². The third-order valence-corrected chi connectivity index (χ3v) is 5.25. The number of fused-ring (bicyclic) bond motifs is 1. The van der Waals surface area contributed by atoms with Crippen molar-refractivity contribution >= 4 is 33.2 Å². The van der Waals surface area contributed by atoms with Gasteiger partial charge >= 0.3 is 0 Å². The van der Waals surface area contributed by atoms with Crippen molar-refractivity contribution in [3.8, 4) is 11.6 Å². The Bertz CT molecular complexity index is 964. The summed E-state index contributed by atoms with van der Waals surface area (Å²) in [7, 11) is -2.66. The molecule has 1 aliphatic heterocycles. The van der Waals surface area contributed by atoms with Gasteiger partial charge < -0.3 is 14.8 Å². The molecular formula is C16H16ClN3O5S. The Morgan fingerprint density at radius 2 is 2.15 bits per heavy atom. The van der Waals surface area contributed by atoms with Crippen LogP contribution in [0.2, 0.25) is 5.02 Å². The van der Waals surface area contributed by atoms with Crippen LogP contribution < -0.4 is 19.5 Å². The van der Waals surface area contributed by atoms with Crippen LogP contribution in [0.1, 0.15) is 17.3 Å². The van der Waals surface area contributed by atoms with E-state index in [4.69, 9.17) is 21.1 Å². The van der Waals surface area contributed by atoms with Crippen molar-refractivity contribution in [2.75, 3.05) is 18.4 Å². The largest absolute Gasteiger partial charge is 0.495 e. The van der Waals surface area contributed by atoms with E-state index in [-0.39, 0.29) is 51.4 Å². The molecular weight excluding hydrogens is 382 g/mol. The van der Waals surface area contributed by atoms with Crippen molar-refractivity contribution in [3.05, 3.63) is 41.0 Å². The number of aromatic nitrogens is 1. The van der Waals surface area contributed by atoms with Crippen LogP contribution in [0.25, 0.3) is 0 Å². The Labute approximate surface area is 155 Å².